The molecule has 1 N–H and O–H groups in total. The summed E-state index contributed by atoms with van der Waals surface area (Å²) in [6, 6.07) is 10.1. The fraction of sp³-hybridized carbons (Fsp3) is 0.433. The monoisotopic (exact) mass is 556 g/mol. The number of ether oxygens (including phenoxy) is 1. The minimum absolute atomic E-state index is 0.0418. The molecule has 6 nitrogen and oxygen atoms in total. The van der Waals surface area contributed by atoms with Crippen molar-refractivity contribution >= 4 is 17.4 Å². The number of carbonyl (C=O) groups excluding carboxylic acids is 1. The Labute approximate surface area is 230 Å². The summed E-state index contributed by atoms with van der Waals surface area (Å²) in [7, 11) is 0. The largest absolute Gasteiger partial charge is 0.416 e. The Morgan fingerprint density at radius 1 is 1.00 bits per heavy atom. The predicted molar refractivity (Wildman–Crippen MR) is 144 cm³/mol. The molecular weight excluding hydrogens is 524 g/mol. The Hall–Kier alpha value is -3.53. The van der Waals surface area contributed by atoms with Gasteiger partial charge < -0.3 is 19.5 Å². The number of hydrogen-bond acceptors (Lipinski definition) is 3. The molecule has 2 amide bonds. The smallest absolute Gasteiger partial charge is 0.378 e. The van der Waals surface area contributed by atoms with Gasteiger partial charge in [0.2, 0.25) is 0 Å². The molecule has 40 heavy (non-hydrogen) atoms. The molecule has 2 fully saturated rings. The van der Waals surface area contributed by atoms with Gasteiger partial charge in [-0.1, -0.05) is 25.0 Å². The maximum Gasteiger partial charge on any atom is 0.416 e. The van der Waals surface area contributed by atoms with Gasteiger partial charge in [-0.15, -0.1) is 0 Å². The topological polar surface area (TPSA) is 49.7 Å². The molecule has 0 bridgehead atoms. The molecule has 0 spiro atoms. The van der Waals surface area contributed by atoms with E-state index in [0.29, 0.717) is 50.8 Å². The van der Waals surface area contributed by atoms with Gasteiger partial charge in [0.25, 0.3) is 0 Å². The van der Waals surface area contributed by atoms with Crippen LogP contribution in [0.5, 0.6) is 0 Å². The van der Waals surface area contributed by atoms with Gasteiger partial charge in [0, 0.05) is 56.2 Å². The SMILES string of the molecule is O=C(NC1CCCC1)N(CC1c2cn(Cc3ccc(C(F)(F)F)cc3)cc21)c1ccc(N2CCOCC2)c(F)c1. The number of aromatic nitrogens is 1. The van der Waals surface area contributed by atoms with Crippen molar-refractivity contribution in [2.75, 3.05) is 42.6 Å². The Morgan fingerprint density at radius 3 is 2.30 bits per heavy atom. The van der Waals surface area contributed by atoms with Gasteiger partial charge in [-0.25, -0.2) is 9.18 Å². The molecule has 1 saturated heterocycles. The highest BCUT2D eigenvalue weighted by Crippen LogP contribution is 2.45. The predicted octanol–water partition coefficient (Wildman–Crippen LogP) is 6.14. The zero-order valence-corrected chi connectivity index (χ0v) is 22.1. The molecule has 0 atom stereocenters. The first-order valence-electron chi connectivity index (χ1n) is 13.8. The molecule has 3 aromatic rings. The highest BCUT2D eigenvalue weighted by atomic mass is 19.4. The molecule has 0 unspecified atom stereocenters. The fourth-order valence-corrected chi connectivity index (χ4v) is 5.86. The fourth-order valence-electron chi connectivity index (χ4n) is 5.86. The van der Waals surface area contributed by atoms with Crippen molar-refractivity contribution in [1.82, 2.24) is 9.88 Å². The van der Waals surface area contributed by atoms with Gasteiger partial charge in [-0.2, -0.15) is 13.2 Å². The molecule has 1 aromatic heterocycles. The van der Waals surface area contributed by atoms with E-state index in [1.54, 1.807) is 17.0 Å². The van der Waals surface area contributed by atoms with E-state index in [0.717, 1.165) is 54.5 Å². The second-order valence-corrected chi connectivity index (χ2v) is 10.9. The van der Waals surface area contributed by atoms with Crippen LogP contribution in [0.1, 0.15) is 53.9 Å². The molecule has 212 valence electrons. The van der Waals surface area contributed by atoms with Crippen LogP contribution in [-0.4, -0.2) is 49.5 Å². The van der Waals surface area contributed by atoms with Gasteiger partial charge in [-0.3, -0.25) is 4.90 Å². The quantitative estimate of drug-likeness (QED) is 0.356. The molecular formula is C30H32F4N4O2. The van der Waals surface area contributed by atoms with Gasteiger partial charge in [-0.05, 0) is 59.9 Å². The lowest BCUT2D eigenvalue weighted by molar-refractivity contribution is -0.137. The lowest BCUT2D eigenvalue weighted by Gasteiger charge is -2.30. The number of hydrogen-bond donors (Lipinski definition) is 1. The average molecular weight is 557 g/mol. The van der Waals surface area contributed by atoms with Crippen LogP contribution in [0.3, 0.4) is 0 Å². The molecule has 2 heterocycles. The molecule has 3 aliphatic rings. The van der Waals surface area contributed by atoms with E-state index in [2.05, 4.69) is 5.32 Å². The first-order valence-corrected chi connectivity index (χ1v) is 13.8. The number of alkyl halides is 3. The first kappa shape index (κ1) is 26.7. The summed E-state index contributed by atoms with van der Waals surface area (Å²) < 4.78 is 61.2. The zero-order valence-electron chi connectivity index (χ0n) is 22.1. The van der Waals surface area contributed by atoms with Crippen LogP contribution in [0.4, 0.5) is 33.7 Å². The van der Waals surface area contributed by atoms with Gasteiger partial charge >= 0.3 is 12.2 Å². The standard InChI is InChI=1S/C30H32F4N4O2/c31-27-15-23(9-10-28(27)37-11-13-40-14-12-37)38(29(39)35-22-3-1-2-4-22)19-26-24-17-36(18-25(24)26)16-20-5-7-21(8-6-20)30(32,33)34/h5-10,15,17-18,22,26H,1-4,11-14,16,19H2,(H,35,39). The Balaban J connectivity index is 1.15. The second-order valence-electron chi connectivity index (χ2n) is 10.9. The third kappa shape index (κ3) is 5.68. The maximum atomic E-state index is 15.3. The van der Waals surface area contributed by atoms with Crippen LogP contribution in [0.15, 0.2) is 54.9 Å². The van der Waals surface area contributed by atoms with E-state index in [-0.39, 0.29) is 23.8 Å². The van der Waals surface area contributed by atoms with E-state index in [1.165, 1.54) is 18.2 Å². The normalized spacial score (nSPS) is 17.6. The minimum atomic E-state index is -4.35. The number of nitrogens with zero attached hydrogens (tertiary/aromatic N) is 3. The van der Waals surface area contributed by atoms with Crippen molar-refractivity contribution in [3.8, 4) is 0 Å². The zero-order chi connectivity index (χ0) is 27.9. The molecule has 6 rings (SSSR count). The summed E-state index contributed by atoms with van der Waals surface area (Å²) in [5.41, 5.74) is 3.32. The van der Waals surface area contributed by atoms with Crippen molar-refractivity contribution in [2.24, 2.45) is 0 Å². The Kier molecular flexibility index (Phi) is 7.20. The summed E-state index contributed by atoms with van der Waals surface area (Å²) in [6.45, 7) is 3.20. The molecule has 1 saturated carbocycles. The number of morpholine rings is 1. The number of anilines is 2. The molecule has 2 aliphatic carbocycles. The third-order valence-corrected chi connectivity index (χ3v) is 8.14. The van der Waals surface area contributed by atoms with E-state index < -0.39 is 11.7 Å². The van der Waals surface area contributed by atoms with Crippen LogP contribution in [0.25, 0.3) is 0 Å². The number of halogens is 4. The average Bonchev–Trinajstić information content (AvgIpc) is 3.28. The number of fused-ring (bicyclic) bond motifs is 1. The van der Waals surface area contributed by atoms with Crippen LogP contribution in [0, 0.1) is 5.82 Å². The number of carbonyl (C=O) groups is 1. The number of nitrogens with one attached hydrogen (secondary N) is 1. The number of urea groups is 1. The highest BCUT2D eigenvalue weighted by molar-refractivity contribution is 5.93. The van der Waals surface area contributed by atoms with Crippen LogP contribution in [-0.2, 0) is 17.5 Å². The maximum absolute atomic E-state index is 15.3. The van der Waals surface area contributed by atoms with E-state index in [4.69, 9.17) is 4.74 Å². The van der Waals surface area contributed by atoms with Gasteiger partial charge in [0.15, 0.2) is 0 Å². The van der Waals surface area contributed by atoms with Crippen molar-refractivity contribution in [3.63, 3.8) is 0 Å². The van der Waals surface area contributed by atoms with Crippen LogP contribution in [0.2, 0.25) is 0 Å². The number of rotatable bonds is 7. The molecule has 2 aromatic carbocycles. The van der Waals surface area contributed by atoms with Crippen molar-refractivity contribution < 1.29 is 27.1 Å². The Morgan fingerprint density at radius 2 is 1.68 bits per heavy atom. The molecule has 0 radical (unpaired) electrons. The number of amides is 2. The summed E-state index contributed by atoms with van der Waals surface area (Å²) in [5.74, 6) is -0.324. The van der Waals surface area contributed by atoms with Gasteiger partial charge in [0.05, 0.1) is 24.5 Å². The van der Waals surface area contributed by atoms with E-state index in [1.807, 2.05) is 21.9 Å². The van der Waals surface area contributed by atoms with E-state index in [9.17, 15) is 18.0 Å². The highest BCUT2D eigenvalue weighted by Gasteiger charge is 2.38. The van der Waals surface area contributed by atoms with Gasteiger partial charge in [0.1, 0.15) is 5.82 Å². The number of benzene rings is 2. The van der Waals surface area contributed by atoms with Crippen molar-refractivity contribution in [2.45, 2.75) is 50.4 Å². The van der Waals surface area contributed by atoms with Crippen molar-refractivity contribution in [1.29, 1.82) is 0 Å². The second kappa shape index (κ2) is 10.8. The Bertz CT molecular complexity index is 1340. The van der Waals surface area contributed by atoms with Crippen LogP contribution >= 0.6 is 0 Å². The van der Waals surface area contributed by atoms with E-state index >= 15 is 4.39 Å². The third-order valence-electron chi connectivity index (χ3n) is 8.14. The van der Waals surface area contributed by atoms with Crippen LogP contribution < -0.4 is 15.1 Å². The minimum Gasteiger partial charge on any atom is -0.378 e. The summed E-state index contributed by atoms with van der Waals surface area (Å²) in [5, 5.41) is 3.14. The summed E-state index contributed by atoms with van der Waals surface area (Å²) in [6.07, 6.45) is 3.67. The van der Waals surface area contributed by atoms with Crippen molar-refractivity contribution in [3.05, 3.63) is 82.9 Å². The molecule has 10 heteroatoms. The molecule has 1 aliphatic heterocycles. The lowest BCUT2D eigenvalue weighted by atomic mass is 10.1. The summed E-state index contributed by atoms with van der Waals surface area (Å²) >= 11 is 0. The lowest BCUT2D eigenvalue weighted by Crippen LogP contribution is -2.45. The first-order chi connectivity index (χ1) is 19.3. The summed E-state index contributed by atoms with van der Waals surface area (Å²) in [4.78, 5) is 17.0.